The molecule has 11 heavy (non-hydrogen) atoms. The normalized spacial score (nSPS) is 20.6. The van der Waals surface area contributed by atoms with Crippen LogP contribution >= 0.6 is 0 Å². The predicted molar refractivity (Wildman–Crippen MR) is 49.3 cm³/mol. The Morgan fingerprint density at radius 1 is 1.64 bits per heavy atom. The van der Waals surface area contributed by atoms with Gasteiger partial charge in [0.2, 0.25) is 0 Å². The maximum atomic E-state index is 5.73. The van der Waals surface area contributed by atoms with Gasteiger partial charge in [0.15, 0.2) is 0 Å². The maximum absolute atomic E-state index is 5.73. The highest BCUT2D eigenvalue weighted by atomic mass is 14.6. The highest BCUT2D eigenvalue weighted by Gasteiger charge is 2.06. The maximum Gasteiger partial charge on any atom is 0.00478 e. The van der Waals surface area contributed by atoms with Crippen molar-refractivity contribution < 1.29 is 0 Å². The monoisotopic (exact) mass is 151 g/mol. The van der Waals surface area contributed by atoms with Gasteiger partial charge in [-0.15, -0.1) is 0 Å². The molecular weight excluding hydrogens is 134 g/mol. The van der Waals surface area contributed by atoms with E-state index < -0.39 is 0 Å². The SMILES string of the molecule is CC1=C(CC(C)N)CCC=C1. The molecule has 0 bridgehead atoms. The van der Waals surface area contributed by atoms with Gasteiger partial charge in [0.1, 0.15) is 0 Å². The van der Waals surface area contributed by atoms with E-state index in [-0.39, 0.29) is 0 Å². The summed E-state index contributed by atoms with van der Waals surface area (Å²) in [6.07, 6.45) is 7.92. The number of rotatable bonds is 2. The van der Waals surface area contributed by atoms with Gasteiger partial charge in [0.05, 0.1) is 0 Å². The molecule has 0 fully saturated rings. The third-order valence-corrected chi connectivity index (χ3v) is 2.11. The molecule has 0 heterocycles. The van der Waals surface area contributed by atoms with Gasteiger partial charge in [0, 0.05) is 6.04 Å². The third-order valence-electron chi connectivity index (χ3n) is 2.11. The summed E-state index contributed by atoms with van der Waals surface area (Å²) < 4.78 is 0. The Bertz CT molecular complexity index is 187. The summed E-state index contributed by atoms with van der Waals surface area (Å²) >= 11 is 0. The third kappa shape index (κ3) is 2.51. The van der Waals surface area contributed by atoms with Crippen molar-refractivity contribution in [2.24, 2.45) is 5.73 Å². The van der Waals surface area contributed by atoms with Gasteiger partial charge in [-0.3, -0.25) is 0 Å². The van der Waals surface area contributed by atoms with Crippen molar-refractivity contribution in [1.82, 2.24) is 0 Å². The molecule has 0 aromatic heterocycles. The van der Waals surface area contributed by atoms with Crippen LogP contribution in [0.2, 0.25) is 0 Å². The Kier molecular flexibility index (Phi) is 2.89. The van der Waals surface area contributed by atoms with Crippen molar-refractivity contribution in [1.29, 1.82) is 0 Å². The molecule has 1 aliphatic rings. The zero-order valence-corrected chi connectivity index (χ0v) is 7.43. The fraction of sp³-hybridized carbons (Fsp3) is 0.600. The van der Waals surface area contributed by atoms with E-state index in [1.807, 2.05) is 0 Å². The van der Waals surface area contributed by atoms with Crippen molar-refractivity contribution >= 4 is 0 Å². The van der Waals surface area contributed by atoms with E-state index in [4.69, 9.17) is 5.73 Å². The lowest BCUT2D eigenvalue weighted by Gasteiger charge is -2.14. The molecule has 0 aromatic rings. The van der Waals surface area contributed by atoms with Crippen LogP contribution in [0.25, 0.3) is 0 Å². The first-order valence-corrected chi connectivity index (χ1v) is 4.31. The average Bonchev–Trinajstić information content (AvgIpc) is 1.93. The molecule has 0 saturated carbocycles. The van der Waals surface area contributed by atoms with Crippen molar-refractivity contribution in [2.75, 3.05) is 0 Å². The quantitative estimate of drug-likeness (QED) is 0.644. The topological polar surface area (TPSA) is 26.0 Å². The number of nitrogens with two attached hydrogens (primary N) is 1. The van der Waals surface area contributed by atoms with E-state index in [1.54, 1.807) is 5.57 Å². The van der Waals surface area contributed by atoms with Crippen LogP contribution in [0.15, 0.2) is 23.3 Å². The van der Waals surface area contributed by atoms with Crippen molar-refractivity contribution in [2.45, 2.75) is 39.2 Å². The first-order chi connectivity index (χ1) is 5.20. The Balaban J connectivity index is 2.60. The summed E-state index contributed by atoms with van der Waals surface area (Å²) in [5, 5.41) is 0. The molecule has 2 N–H and O–H groups in total. The molecule has 1 unspecified atom stereocenters. The van der Waals surface area contributed by atoms with E-state index in [9.17, 15) is 0 Å². The summed E-state index contributed by atoms with van der Waals surface area (Å²) in [5.74, 6) is 0. The summed E-state index contributed by atoms with van der Waals surface area (Å²) in [7, 11) is 0. The molecule has 1 nitrogen and oxygen atoms in total. The van der Waals surface area contributed by atoms with Gasteiger partial charge in [0.25, 0.3) is 0 Å². The molecule has 0 aliphatic heterocycles. The van der Waals surface area contributed by atoms with Crippen molar-refractivity contribution in [3.8, 4) is 0 Å². The Morgan fingerprint density at radius 2 is 2.36 bits per heavy atom. The van der Waals surface area contributed by atoms with Crippen LogP contribution in [0, 0.1) is 0 Å². The van der Waals surface area contributed by atoms with Gasteiger partial charge >= 0.3 is 0 Å². The van der Waals surface area contributed by atoms with Crippen LogP contribution in [-0.4, -0.2) is 6.04 Å². The minimum absolute atomic E-state index is 0.312. The molecule has 0 aromatic carbocycles. The molecule has 0 spiro atoms. The molecule has 0 radical (unpaired) electrons. The number of hydrogen-bond donors (Lipinski definition) is 1. The minimum Gasteiger partial charge on any atom is -0.328 e. The lowest BCUT2D eigenvalue weighted by Crippen LogP contribution is -2.16. The summed E-state index contributed by atoms with van der Waals surface area (Å²) in [5.41, 5.74) is 8.70. The summed E-state index contributed by atoms with van der Waals surface area (Å²) in [6.45, 7) is 4.24. The highest BCUT2D eigenvalue weighted by Crippen LogP contribution is 2.21. The zero-order chi connectivity index (χ0) is 8.27. The second-order valence-electron chi connectivity index (χ2n) is 3.41. The van der Waals surface area contributed by atoms with Crippen LogP contribution in [0.1, 0.15) is 33.1 Å². The molecule has 1 aliphatic carbocycles. The molecule has 0 amide bonds. The van der Waals surface area contributed by atoms with E-state index in [2.05, 4.69) is 26.0 Å². The van der Waals surface area contributed by atoms with Gasteiger partial charge in [-0.25, -0.2) is 0 Å². The zero-order valence-electron chi connectivity index (χ0n) is 7.43. The number of hydrogen-bond acceptors (Lipinski definition) is 1. The molecule has 0 saturated heterocycles. The van der Waals surface area contributed by atoms with Crippen molar-refractivity contribution in [3.63, 3.8) is 0 Å². The minimum atomic E-state index is 0.312. The predicted octanol–water partition coefficient (Wildman–Crippen LogP) is 2.39. The van der Waals surface area contributed by atoms with Crippen molar-refractivity contribution in [3.05, 3.63) is 23.3 Å². The largest absolute Gasteiger partial charge is 0.328 e. The lowest BCUT2D eigenvalue weighted by atomic mass is 9.94. The highest BCUT2D eigenvalue weighted by molar-refractivity contribution is 5.27. The van der Waals surface area contributed by atoms with Gasteiger partial charge in [-0.05, 0) is 33.1 Å². The second-order valence-corrected chi connectivity index (χ2v) is 3.41. The van der Waals surface area contributed by atoms with Gasteiger partial charge < -0.3 is 5.73 Å². The van der Waals surface area contributed by atoms with Crippen LogP contribution in [0.3, 0.4) is 0 Å². The number of allylic oxidation sites excluding steroid dienone is 3. The Morgan fingerprint density at radius 3 is 2.91 bits per heavy atom. The Hall–Kier alpha value is -0.560. The van der Waals surface area contributed by atoms with Crippen LogP contribution < -0.4 is 5.73 Å². The van der Waals surface area contributed by atoms with E-state index in [1.165, 1.54) is 18.4 Å². The molecule has 62 valence electrons. The van der Waals surface area contributed by atoms with E-state index >= 15 is 0 Å². The fourth-order valence-corrected chi connectivity index (χ4v) is 1.48. The smallest absolute Gasteiger partial charge is 0.00478 e. The molecule has 1 atom stereocenters. The standard InChI is InChI=1S/C10H17N/c1-8-5-3-4-6-10(8)7-9(2)11/h3,5,9H,4,6-7,11H2,1-2H3. The fourth-order valence-electron chi connectivity index (χ4n) is 1.48. The molecule has 1 rings (SSSR count). The van der Waals surface area contributed by atoms with E-state index in [0.29, 0.717) is 6.04 Å². The van der Waals surface area contributed by atoms with E-state index in [0.717, 1.165) is 6.42 Å². The first kappa shape index (κ1) is 8.54. The van der Waals surface area contributed by atoms with Gasteiger partial charge in [-0.1, -0.05) is 23.3 Å². The van der Waals surface area contributed by atoms with Crippen LogP contribution in [0.5, 0.6) is 0 Å². The first-order valence-electron chi connectivity index (χ1n) is 4.31. The second kappa shape index (κ2) is 3.72. The van der Waals surface area contributed by atoms with Gasteiger partial charge in [-0.2, -0.15) is 0 Å². The average molecular weight is 151 g/mol. The molecule has 1 heteroatoms. The summed E-state index contributed by atoms with van der Waals surface area (Å²) in [4.78, 5) is 0. The summed E-state index contributed by atoms with van der Waals surface area (Å²) in [6, 6.07) is 0.312. The van der Waals surface area contributed by atoms with Crippen LogP contribution in [-0.2, 0) is 0 Å². The lowest BCUT2D eigenvalue weighted by molar-refractivity contribution is 0.696. The van der Waals surface area contributed by atoms with Crippen LogP contribution in [0.4, 0.5) is 0 Å². The molecular formula is C10H17N. The Labute approximate surface area is 69.0 Å².